The summed E-state index contributed by atoms with van der Waals surface area (Å²) in [6, 6.07) is 13.5. The molecule has 1 atom stereocenters. The van der Waals surface area contributed by atoms with Crippen molar-refractivity contribution in [1.29, 1.82) is 0 Å². The maximum Gasteiger partial charge on any atom is 0.338 e. The number of allylic oxidation sites excluding steroid dienone is 1. The fourth-order valence-corrected chi connectivity index (χ4v) is 5.50. The van der Waals surface area contributed by atoms with Gasteiger partial charge in [0.1, 0.15) is 5.75 Å². The van der Waals surface area contributed by atoms with Gasteiger partial charge in [-0.15, -0.1) is 0 Å². The van der Waals surface area contributed by atoms with E-state index in [-0.39, 0.29) is 17.2 Å². The number of methoxy groups -OCH3 is 1. The predicted molar refractivity (Wildman–Crippen MR) is 154 cm³/mol. The van der Waals surface area contributed by atoms with Gasteiger partial charge in [0, 0.05) is 0 Å². The van der Waals surface area contributed by atoms with Crippen molar-refractivity contribution in [2.75, 3.05) is 13.7 Å². The van der Waals surface area contributed by atoms with Crippen LogP contribution in [-0.4, -0.2) is 36.3 Å². The Balaban J connectivity index is 1.76. The molecule has 0 saturated heterocycles. The van der Waals surface area contributed by atoms with Crippen LogP contribution in [-0.2, 0) is 14.3 Å². The number of carbonyl (C=O) groups excluding carboxylic acids is 2. The number of ether oxygens (including phenoxy) is 3. The molecule has 4 rings (SSSR count). The molecule has 0 fully saturated rings. The molecule has 40 heavy (non-hydrogen) atoms. The number of fused-ring (bicyclic) bond motifs is 1. The van der Waals surface area contributed by atoms with Crippen LogP contribution in [0.5, 0.6) is 5.75 Å². The van der Waals surface area contributed by atoms with E-state index in [1.54, 1.807) is 45.0 Å². The molecule has 2 heterocycles. The number of aromatic nitrogens is 1. The summed E-state index contributed by atoms with van der Waals surface area (Å²) >= 11 is 1.26. The maximum atomic E-state index is 13.8. The summed E-state index contributed by atoms with van der Waals surface area (Å²) in [5.74, 6) is -0.227. The number of rotatable bonds is 10. The van der Waals surface area contributed by atoms with Crippen LogP contribution in [0.15, 0.2) is 69.6 Å². The molecule has 0 bridgehead atoms. The summed E-state index contributed by atoms with van der Waals surface area (Å²) in [4.78, 5) is 44.1. The summed E-state index contributed by atoms with van der Waals surface area (Å²) < 4.78 is 18.2. The van der Waals surface area contributed by atoms with Crippen molar-refractivity contribution in [3.63, 3.8) is 0 Å². The van der Waals surface area contributed by atoms with Gasteiger partial charge in [-0.3, -0.25) is 9.36 Å². The molecule has 210 valence electrons. The summed E-state index contributed by atoms with van der Waals surface area (Å²) in [5.41, 5.74) is 2.35. The Bertz CT molecular complexity index is 1580. The van der Waals surface area contributed by atoms with Crippen LogP contribution >= 0.6 is 11.3 Å². The number of thiazole rings is 1. The molecule has 1 aromatic heterocycles. The fraction of sp³-hybridized carbons (Fsp3) is 0.355. The minimum Gasteiger partial charge on any atom is -0.494 e. The molecule has 1 aliphatic rings. The Kier molecular flexibility index (Phi) is 9.37. The van der Waals surface area contributed by atoms with Crippen LogP contribution in [0, 0.1) is 0 Å². The number of carbonyl (C=O) groups is 2. The molecule has 1 unspecified atom stereocenters. The van der Waals surface area contributed by atoms with Crippen molar-refractivity contribution in [1.82, 2.24) is 4.57 Å². The predicted octanol–water partition coefficient (Wildman–Crippen LogP) is 4.54. The largest absolute Gasteiger partial charge is 0.494 e. The summed E-state index contributed by atoms with van der Waals surface area (Å²) in [7, 11) is 1.31. The third-order valence-corrected chi connectivity index (χ3v) is 7.41. The lowest BCUT2D eigenvalue weighted by Crippen LogP contribution is -2.40. The number of unbranched alkanes of at least 4 members (excludes halogenated alkanes) is 2. The number of nitrogens with zero attached hydrogens (tertiary/aromatic N) is 2. The molecule has 0 saturated carbocycles. The van der Waals surface area contributed by atoms with Crippen LogP contribution < -0.4 is 19.6 Å². The Morgan fingerprint density at radius 1 is 1.05 bits per heavy atom. The highest BCUT2D eigenvalue weighted by Crippen LogP contribution is 2.31. The maximum absolute atomic E-state index is 13.8. The van der Waals surface area contributed by atoms with Gasteiger partial charge in [-0.05, 0) is 68.7 Å². The van der Waals surface area contributed by atoms with Crippen molar-refractivity contribution in [3.05, 3.63) is 96.2 Å². The zero-order valence-electron chi connectivity index (χ0n) is 23.4. The molecule has 3 aromatic rings. The van der Waals surface area contributed by atoms with Crippen molar-refractivity contribution < 1.29 is 23.8 Å². The van der Waals surface area contributed by atoms with E-state index < -0.39 is 18.0 Å². The first kappa shape index (κ1) is 29.0. The van der Waals surface area contributed by atoms with E-state index in [1.807, 2.05) is 30.3 Å². The van der Waals surface area contributed by atoms with Gasteiger partial charge in [0.25, 0.3) is 5.56 Å². The lowest BCUT2D eigenvalue weighted by molar-refractivity contribution is -0.143. The number of benzene rings is 2. The molecule has 0 radical (unpaired) electrons. The summed E-state index contributed by atoms with van der Waals surface area (Å²) in [5, 5.41) is 0. The Morgan fingerprint density at radius 3 is 2.38 bits per heavy atom. The molecular formula is C31H34N2O6S. The standard InChI is InChI=1S/C31H34N2O6S/c1-6-7-8-17-38-24-15-9-21(10-16-24)18-25-28(34)33-27(22-11-13-23(14-12-22)29(35)37-5)26(30(36)39-19(2)3)20(4)32-31(33)40-25/h9-16,18-19,27H,6-8,17H2,1-5H3. The number of hydrogen-bond acceptors (Lipinski definition) is 8. The van der Waals surface area contributed by atoms with Crippen LogP contribution in [0.3, 0.4) is 0 Å². The highest BCUT2D eigenvalue weighted by atomic mass is 32.1. The van der Waals surface area contributed by atoms with E-state index in [4.69, 9.17) is 14.2 Å². The minimum atomic E-state index is -0.768. The molecule has 2 aromatic carbocycles. The minimum absolute atomic E-state index is 0.270. The lowest BCUT2D eigenvalue weighted by atomic mass is 9.95. The van der Waals surface area contributed by atoms with Crippen LogP contribution in [0.2, 0.25) is 0 Å². The first-order chi connectivity index (χ1) is 19.2. The molecule has 0 aliphatic carbocycles. The smallest absolute Gasteiger partial charge is 0.338 e. The van der Waals surface area contributed by atoms with Crippen LogP contribution in [0.4, 0.5) is 0 Å². The zero-order valence-corrected chi connectivity index (χ0v) is 24.2. The normalized spacial score (nSPS) is 15.1. The fourth-order valence-electron chi connectivity index (χ4n) is 4.45. The lowest BCUT2D eigenvalue weighted by Gasteiger charge is -2.25. The van der Waals surface area contributed by atoms with Crippen LogP contribution in [0.25, 0.3) is 6.08 Å². The Morgan fingerprint density at radius 2 is 1.75 bits per heavy atom. The second-order valence-corrected chi connectivity index (χ2v) is 10.8. The topological polar surface area (TPSA) is 96.2 Å². The van der Waals surface area contributed by atoms with Gasteiger partial charge in [-0.1, -0.05) is 55.4 Å². The molecule has 0 spiro atoms. The van der Waals surface area contributed by atoms with Gasteiger partial charge in [0.15, 0.2) is 4.80 Å². The van der Waals surface area contributed by atoms with E-state index >= 15 is 0 Å². The Hall–Kier alpha value is -3.98. The molecular weight excluding hydrogens is 528 g/mol. The average Bonchev–Trinajstić information content (AvgIpc) is 3.24. The molecule has 9 heteroatoms. The van der Waals surface area contributed by atoms with Gasteiger partial charge in [-0.2, -0.15) is 0 Å². The summed E-state index contributed by atoms with van der Waals surface area (Å²) in [6.45, 7) is 8.10. The highest BCUT2D eigenvalue weighted by molar-refractivity contribution is 7.07. The molecule has 0 amide bonds. The van der Waals surface area contributed by atoms with E-state index in [9.17, 15) is 14.4 Å². The Labute approximate surface area is 237 Å². The highest BCUT2D eigenvalue weighted by Gasteiger charge is 2.33. The quantitative estimate of drug-likeness (QED) is 0.266. The molecule has 0 N–H and O–H groups in total. The SMILES string of the molecule is CCCCCOc1ccc(C=c2sc3n(c2=O)C(c2ccc(C(=O)OC)cc2)C(C(=O)OC(C)C)=C(C)N=3)cc1. The van der Waals surface area contributed by atoms with Gasteiger partial charge in [0.05, 0.1) is 47.2 Å². The third kappa shape index (κ3) is 6.42. The van der Waals surface area contributed by atoms with Gasteiger partial charge < -0.3 is 14.2 Å². The molecule has 1 aliphatic heterocycles. The number of esters is 2. The van der Waals surface area contributed by atoms with E-state index in [0.29, 0.717) is 32.8 Å². The number of hydrogen-bond donors (Lipinski definition) is 0. The van der Waals surface area contributed by atoms with Crippen molar-refractivity contribution >= 4 is 29.4 Å². The van der Waals surface area contributed by atoms with Crippen molar-refractivity contribution in [2.45, 2.75) is 59.1 Å². The second-order valence-electron chi connectivity index (χ2n) is 9.77. The molecule has 8 nitrogen and oxygen atoms in total. The van der Waals surface area contributed by atoms with E-state index in [1.165, 1.54) is 23.0 Å². The van der Waals surface area contributed by atoms with E-state index in [2.05, 4.69) is 11.9 Å². The monoisotopic (exact) mass is 562 g/mol. The van der Waals surface area contributed by atoms with Crippen molar-refractivity contribution in [3.8, 4) is 5.75 Å². The second kappa shape index (κ2) is 12.9. The first-order valence-electron chi connectivity index (χ1n) is 13.4. The summed E-state index contributed by atoms with van der Waals surface area (Å²) in [6.07, 6.45) is 4.74. The third-order valence-electron chi connectivity index (χ3n) is 6.43. The van der Waals surface area contributed by atoms with Gasteiger partial charge >= 0.3 is 11.9 Å². The van der Waals surface area contributed by atoms with Crippen LogP contribution in [0.1, 0.15) is 74.5 Å². The van der Waals surface area contributed by atoms with Crippen molar-refractivity contribution in [2.24, 2.45) is 4.99 Å². The van der Waals surface area contributed by atoms with Gasteiger partial charge in [-0.25, -0.2) is 14.6 Å². The van der Waals surface area contributed by atoms with E-state index in [0.717, 1.165) is 30.6 Å². The first-order valence-corrected chi connectivity index (χ1v) is 14.2. The average molecular weight is 563 g/mol. The van der Waals surface area contributed by atoms with Gasteiger partial charge in [0.2, 0.25) is 0 Å². The zero-order chi connectivity index (χ0) is 28.8.